The van der Waals surface area contributed by atoms with Crippen molar-refractivity contribution in [2.75, 3.05) is 4.90 Å². The zero-order valence-corrected chi connectivity index (χ0v) is 13.4. The van der Waals surface area contributed by atoms with Gasteiger partial charge in [-0.1, -0.05) is 42.5 Å². The predicted octanol–water partition coefficient (Wildman–Crippen LogP) is 4.69. The number of hydrogen-bond acceptors (Lipinski definition) is 3. The number of fused-ring (bicyclic) bond motifs is 1. The van der Waals surface area contributed by atoms with Crippen molar-refractivity contribution in [3.8, 4) is 0 Å². The molecular formula is C20H15N3O2. The quantitative estimate of drug-likeness (QED) is 0.517. The molecule has 3 aromatic carbocycles. The van der Waals surface area contributed by atoms with Crippen molar-refractivity contribution < 1.29 is 4.92 Å². The molecule has 5 heteroatoms. The summed E-state index contributed by atoms with van der Waals surface area (Å²) in [7, 11) is 0. The van der Waals surface area contributed by atoms with Crippen LogP contribution in [0.5, 0.6) is 0 Å². The number of non-ortho nitro benzene ring substituents is 1. The molecule has 0 atom stereocenters. The Morgan fingerprint density at radius 1 is 0.880 bits per heavy atom. The summed E-state index contributed by atoms with van der Waals surface area (Å²) < 4.78 is 0. The molecule has 0 radical (unpaired) electrons. The molecule has 0 unspecified atom stereocenters. The van der Waals surface area contributed by atoms with E-state index in [1.807, 2.05) is 30.3 Å². The molecule has 0 amide bonds. The predicted molar refractivity (Wildman–Crippen MR) is 98.4 cm³/mol. The van der Waals surface area contributed by atoms with Crippen molar-refractivity contribution in [3.05, 3.63) is 100 Å². The zero-order chi connectivity index (χ0) is 17.2. The van der Waals surface area contributed by atoms with Crippen LogP contribution in [0.15, 0.2) is 83.9 Å². The first-order chi connectivity index (χ1) is 12.2. The zero-order valence-electron chi connectivity index (χ0n) is 13.4. The van der Waals surface area contributed by atoms with Gasteiger partial charge in [0.15, 0.2) is 0 Å². The Morgan fingerprint density at radius 2 is 1.56 bits per heavy atom. The van der Waals surface area contributed by atoms with Gasteiger partial charge in [-0.25, -0.2) is 4.99 Å². The SMILES string of the molecule is O=[N+]([O-])c1ccc(N=C2c3ccccc3CN2c2ccccc2)cc1. The Morgan fingerprint density at radius 3 is 2.28 bits per heavy atom. The van der Waals surface area contributed by atoms with Crippen LogP contribution in [-0.4, -0.2) is 10.8 Å². The highest BCUT2D eigenvalue weighted by atomic mass is 16.6. The summed E-state index contributed by atoms with van der Waals surface area (Å²) in [5.74, 6) is 0.857. The van der Waals surface area contributed by atoms with Gasteiger partial charge in [0.05, 0.1) is 17.2 Å². The van der Waals surface area contributed by atoms with Crippen LogP contribution in [0, 0.1) is 10.1 Å². The summed E-state index contributed by atoms with van der Waals surface area (Å²) in [6.07, 6.45) is 0. The molecule has 1 aliphatic heterocycles. The number of nitro benzene ring substituents is 1. The molecule has 0 bridgehead atoms. The third kappa shape index (κ3) is 2.87. The second kappa shape index (κ2) is 6.20. The fourth-order valence-electron chi connectivity index (χ4n) is 2.98. The fourth-order valence-corrected chi connectivity index (χ4v) is 2.98. The lowest BCUT2D eigenvalue weighted by Crippen LogP contribution is -2.23. The number of benzene rings is 3. The summed E-state index contributed by atoms with van der Waals surface area (Å²) >= 11 is 0. The van der Waals surface area contributed by atoms with E-state index < -0.39 is 4.92 Å². The normalized spacial score (nSPS) is 14.6. The van der Waals surface area contributed by atoms with Gasteiger partial charge in [0, 0.05) is 23.4 Å². The van der Waals surface area contributed by atoms with E-state index in [2.05, 4.69) is 29.2 Å². The van der Waals surface area contributed by atoms with E-state index in [1.54, 1.807) is 12.1 Å². The number of aliphatic imine (C=N–C) groups is 1. The minimum atomic E-state index is -0.405. The van der Waals surface area contributed by atoms with E-state index in [1.165, 1.54) is 17.7 Å². The van der Waals surface area contributed by atoms with Crippen LogP contribution in [0.4, 0.5) is 17.1 Å². The number of amidine groups is 1. The molecule has 1 aliphatic rings. The second-order valence-corrected chi connectivity index (χ2v) is 5.79. The Hall–Kier alpha value is -3.47. The molecule has 25 heavy (non-hydrogen) atoms. The van der Waals surface area contributed by atoms with E-state index in [4.69, 9.17) is 4.99 Å². The van der Waals surface area contributed by atoms with Crippen LogP contribution < -0.4 is 4.90 Å². The largest absolute Gasteiger partial charge is 0.321 e. The van der Waals surface area contributed by atoms with E-state index in [0.29, 0.717) is 5.69 Å². The molecule has 0 saturated heterocycles. The molecule has 0 aliphatic carbocycles. The van der Waals surface area contributed by atoms with Crippen LogP contribution in [0.3, 0.4) is 0 Å². The van der Waals surface area contributed by atoms with Crippen molar-refractivity contribution in [2.45, 2.75) is 6.54 Å². The first-order valence-electron chi connectivity index (χ1n) is 7.96. The highest BCUT2D eigenvalue weighted by molar-refractivity contribution is 6.14. The monoisotopic (exact) mass is 329 g/mol. The highest BCUT2D eigenvalue weighted by Crippen LogP contribution is 2.30. The standard InChI is InChI=1S/C20H15N3O2/c24-23(25)18-12-10-16(11-13-18)21-20-19-9-5-4-6-15(19)14-22(20)17-7-2-1-3-8-17/h1-13H,14H2. The maximum Gasteiger partial charge on any atom is 0.269 e. The van der Waals surface area contributed by atoms with Gasteiger partial charge in [0.25, 0.3) is 5.69 Å². The fraction of sp³-hybridized carbons (Fsp3) is 0.0500. The minimum Gasteiger partial charge on any atom is -0.321 e. The van der Waals surface area contributed by atoms with Gasteiger partial charge >= 0.3 is 0 Å². The Kier molecular flexibility index (Phi) is 3.74. The van der Waals surface area contributed by atoms with Gasteiger partial charge in [0.1, 0.15) is 5.84 Å². The molecule has 0 saturated carbocycles. The molecule has 1 heterocycles. The molecule has 0 aromatic heterocycles. The summed E-state index contributed by atoms with van der Waals surface area (Å²) in [5.41, 5.74) is 4.13. The van der Waals surface area contributed by atoms with Crippen LogP contribution in [0.1, 0.15) is 11.1 Å². The van der Waals surface area contributed by atoms with Crippen molar-refractivity contribution in [3.63, 3.8) is 0 Å². The van der Waals surface area contributed by atoms with E-state index in [-0.39, 0.29) is 5.69 Å². The maximum absolute atomic E-state index is 10.8. The van der Waals surface area contributed by atoms with Crippen molar-refractivity contribution in [2.24, 2.45) is 4.99 Å². The number of hydrogen-bond donors (Lipinski definition) is 0. The molecular weight excluding hydrogens is 314 g/mol. The van der Waals surface area contributed by atoms with Crippen LogP contribution in [0.25, 0.3) is 0 Å². The number of para-hydroxylation sites is 1. The first kappa shape index (κ1) is 15.1. The van der Waals surface area contributed by atoms with Gasteiger partial charge in [-0.2, -0.15) is 0 Å². The highest BCUT2D eigenvalue weighted by Gasteiger charge is 2.26. The Labute approximate surface area is 145 Å². The van der Waals surface area contributed by atoms with Crippen LogP contribution in [-0.2, 0) is 6.54 Å². The smallest absolute Gasteiger partial charge is 0.269 e. The van der Waals surface area contributed by atoms with Gasteiger partial charge in [-0.15, -0.1) is 0 Å². The topological polar surface area (TPSA) is 58.7 Å². The second-order valence-electron chi connectivity index (χ2n) is 5.79. The van der Waals surface area contributed by atoms with Crippen molar-refractivity contribution in [1.29, 1.82) is 0 Å². The lowest BCUT2D eigenvalue weighted by atomic mass is 10.1. The lowest BCUT2D eigenvalue weighted by Gasteiger charge is -2.19. The van der Waals surface area contributed by atoms with Gasteiger partial charge < -0.3 is 4.90 Å². The minimum absolute atomic E-state index is 0.0655. The number of nitro groups is 1. The lowest BCUT2D eigenvalue weighted by molar-refractivity contribution is -0.384. The van der Waals surface area contributed by atoms with E-state index in [9.17, 15) is 10.1 Å². The molecule has 0 fully saturated rings. The number of nitrogens with zero attached hydrogens (tertiary/aromatic N) is 3. The van der Waals surface area contributed by atoms with E-state index >= 15 is 0 Å². The maximum atomic E-state index is 10.8. The van der Waals surface area contributed by atoms with Gasteiger partial charge in [-0.05, 0) is 29.8 Å². The third-order valence-corrected chi connectivity index (χ3v) is 4.21. The van der Waals surface area contributed by atoms with Gasteiger partial charge in [0.2, 0.25) is 0 Å². The first-order valence-corrected chi connectivity index (χ1v) is 7.96. The average Bonchev–Trinajstić information content (AvgIpc) is 3.02. The third-order valence-electron chi connectivity index (χ3n) is 4.21. The molecule has 0 spiro atoms. The number of anilines is 1. The van der Waals surface area contributed by atoms with Crippen molar-refractivity contribution >= 4 is 22.9 Å². The molecule has 4 rings (SSSR count). The van der Waals surface area contributed by atoms with Crippen molar-refractivity contribution in [1.82, 2.24) is 0 Å². The molecule has 3 aromatic rings. The summed E-state index contributed by atoms with van der Waals surface area (Å²) in [5, 5.41) is 10.8. The number of rotatable bonds is 3. The molecule has 122 valence electrons. The van der Waals surface area contributed by atoms with Gasteiger partial charge in [-0.3, -0.25) is 10.1 Å². The summed E-state index contributed by atoms with van der Waals surface area (Å²) in [6, 6.07) is 24.6. The summed E-state index contributed by atoms with van der Waals surface area (Å²) in [6.45, 7) is 0.756. The Bertz CT molecular complexity index is 950. The Balaban J connectivity index is 1.79. The molecule has 5 nitrogen and oxygen atoms in total. The van der Waals surface area contributed by atoms with Crippen LogP contribution in [0.2, 0.25) is 0 Å². The average molecular weight is 329 g/mol. The van der Waals surface area contributed by atoms with Crippen LogP contribution >= 0.6 is 0 Å². The molecule has 0 N–H and O–H groups in total. The summed E-state index contributed by atoms with van der Waals surface area (Å²) in [4.78, 5) is 17.4. The van der Waals surface area contributed by atoms with E-state index in [0.717, 1.165) is 23.6 Å².